The van der Waals surface area contributed by atoms with E-state index in [9.17, 15) is 14.4 Å². The predicted molar refractivity (Wildman–Crippen MR) is 209 cm³/mol. The zero-order chi connectivity index (χ0) is 34.5. The van der Waals surface area contributed by atoms with Crippen LogP contribution in [-0.2, 0) is 13.0 Å². The number of urea groups is 1. The van der Waals surface area contributed by atoms with Gasteiger partial charge in [-0.2, -0.15) is 17.3 Å². The summed E-state index contributed by atoms with van der Waals surface area (Å²) in [4.78, 5) is 44.3. The SMILES string of the molecule is C=C(C)C(C)C(SC1(S)C(C)=C(C)SC2=C1c1cc3c(c4c1N(C(=O)N(n1c(=O)ssc1=O)C4)C2(C)CC)C(C)=CC(C)C3)C(=C)C. The van der Waals surface area contributed by atoms with E-state index in [1.54, 1.807) is 11.8 Å². The number of carbonyl (C=O) groups is 1. The summed E-state index contributed by atoms with van der Waals surface area (Å²) >= 11 is 9.26. The molecule has 250 valence electrons. The van der Waals surface area contributed by atoms with Crippen molar-refractivity contribution < 1.29 is 4.79 Å². The summed E-state index contributed by atoms with van der Waals surface area (Å²) in [6.07, 6.45) is 3.78. The van der Waals surface area contributed by atoms with Gasteiger partial charge < -0.3 is 0 Å². The predicted octanol–water partition coefficient (Wildman–Crippen LogP) is 9.46. The number of carbonyl (C=O) groups excluding carboxylic acids is 1. The lowest BCUT2D eigenvalue weighted by molar-refractivity contribution is 0.237. The van der Waals surface area contributed by atoms with Gasteiger partial charge in [-0.1, -0.05) is 62.9 Å². The van der Waals surface area contributed by atoms with Crippen molar-refractivity contribution in [3.05, 3.63) is 93.4 Å². The fourth-order valence-electron chi connectivity index (χ4n) is 7.60. The first-order chi connectivity index (χ1) is 22.0. The Morgan fingerprint density at radius 1 is 1.13 bits per heavy atom. The molecule has 5 atom stereocenters. The van der Waals surface area contributed by atoms with E-state index in [1.165, 1.54) is 16.1 Å². The van der Waals surface area contributed by atoms with E-state index < -0.39 is 19.4 Å². The molecule has 5 unspecified atom stereocenters. The first-order valence-electron chi connectivity index (χ1n) is 16.0. The molecule has 0 N–H and O–H groups in total. The number of benzene rings is 1. The van der Waals surface area contributed by atoms with Gasteiger partial charge >= 0.3 is 15.8 Å². The highest BCUT2D eigenvalue weighted by atomic mass is 32.9. The Hall–Kier alpha value is -2.18. The van der Waals surface area contributed by atoms with Crippen LogP contribution in [0.25, 0.3) is 11.1 Å². The minimum Gasteiger partial charge on any atom is -0.281 e. The number of hydrogen-bond acceptors (Lipinski definition) is 8. The second-order valence-corrected chi connectivity index (χ2v) is 19.4. The van der Waals surface area contributed by atoms with Gasteiger partial charge in [0.25, 0.3) is 0 Å². The normalized spacial score (nSPS) is 26.5. The third-order valence-corrected chi connectivity index (χ3v) is 16.6. The molecule has 3 aliphatic heterocycles. The van der Waals surface area contributed by atoms with Crippen LogP contribution in [0.1, 0.15) is 91.0 Å². The fraction of sp³-hybridized carbons (Fsp3) is 0.472. The zero-order valence-corrected chi connectivity index (χ0v) is 32.7. The molecule has 1 aliphatic carbocycles. The van der Waals surface area contributed by atoms with Crippen molar-refractivity contribution in [3.8, 4) is 0 Å². The average molecular weight is 726 g/mol. The van der Waals surface area contributed by atoms with Gasteiger partial charge in [0, 0.05) is 26.9 Å². The average Bonchev–Trinajstić information content (AvgIpc) is 3.33. The third kappa shape index (κ3) is 5.08. The monoisotopic (exact) mass is 725 g/mol. The van der Waals surface area contributed by atoms with E-state index in [2.05, 4.69) is 87.6 Å². The van der Waals surface area contributed by atoms with Crippen molar-refractivity contribution in [2.24, 2.45) is 11.8 Å². The number of thiol groups is 1. The van der Waals surface area contributed by atoms with Crippen molar-refractivity contribution in [1.82, 2.24) is 4.68 Å². The van der Waals surface area contributed by atoms with Crippen LogP contribution in [0, 0.1) is 11.8 Å². The van der Waals surface area contributed by atoms with Crippen LogP contribution in [0.4, 0.5) is 10.5 Å². The first-order valence-corrected chi connectivity index (χ1v) is 20.3. The number of hydrogen-bond donors (Lipinski definition) is 1. The zero-order valence-electron chi connectivity index (χ0n) is 28.6. The van der Waals surface area contributed by atoms with Crippen LogP contribution in [0.15, 0.2) is 61.4 Å². The molecule has 0 fully saturated rings. The maximum atomic E-state index is 14.9. The van der Waals surface area contributed by atoms with Gasteiger partial charge in [0.15, 0.2) is 0 Å². The van der Waals surface area contributed by atoms with E-state index in [-0.39, 0.29) is 23.7 Å². The van der Waals surface area contributed by atoms with Crippen LogP contribution in [0.5, 0.6) is 0 Å². The summed E-state index contributed by atoms with van der Waals surface area (Å²) in [6.45, 7) is 28.2. The summed E-state index contributed by atoms with van der Waals surface area (Å²) in [7, 11) is 1.73. The van der Waals surface area contributed by atoms with Gasteiger partial charge in [-0.05, 0) is 120 Å². The number of rotatable bonds is 7. The van der Waals surface area contributed by atoms with E-state index >= 15 is 0 Å². The maximum absolute atomic E-state index is 14.9. The van der Waals surface area contributed by atoms with Crippen LogP contribution >= 0.6 is 56.8 Å². The molecule has 0 spiro atoms. The highest BCUT2D eigenvalue weighted by Gasteiger charge is 2.56. The lowest BCUT2D eigenvalue weighted by Crippen LogP contribution is -2.65. The molecule has 0 bridgehead atoms. The van der Waals surface area contributed by atoms with Crippen molar-refractivity contribution >= 4 is 79.7 Å². The van der Waals surface area contributed by atoms with E-state index in [4.69, 9.17) is 12.6 Å². The van der Waals surface area contributed by atoms with Gasteiger partial charge in [0.05, 0.1) is 17.8 Å². The van der Waals surface area contributed by atoms with E-state index in [0.29, 0.717) is 12.3 Å². The summed E-state index contributed by atoms with van der Waals surface area (Å²) < 4.78 is 0.324. The highest BCUT2D eigenvalue weighted by Crippen LogP contribution is 2.66. The Morgan fingerprint density at radius 2 is 1.77 bits per heavy atom. The van der Waals surface area contributed by atoms with E-state index in [1.807, 2.05) is 16.7 Å². The second-order valence-electron chi connectivity index (χ2n) is 13.8. The molecule has 0 saturated carbocycles. The number of anilines is 1. The molecule has 47 heavy (non-hydrogen) atoms. The molecule has 6 nitrogen and oxygen atoms in total. The number of fused-ring (bicyclic) bond motifs is 3. The number of thioether (sulfide) groups is 2. The lowest BCUT2D eigenvalue weighted by atomic mass is 9.75. The maximum Gasteiger partial charge on any atom is 0.345 e. The number of aromatic nitrogens is 1. The molecular formula is C36H43N3O3S5. The standard InChI is InChI=1S/C36H43N3O3S5/c1-12-35(11)31-28(36(43,22(9)23(10)44-31)45-30(18(4)5)21(8)17(2)3)25-15-24-14-19(6)13-20(7)27(24)26-16-37(32(40)38(35)29(25)26)39-33(41)46-47-34(39)42/h13,15,19,21,30,43H,2,4,12,14,16H2,1,3,5-11H3. The Morgan fingerprint density at radius 3 is 2.34 bits per heavy atom. The van der Waals surface area contributed by atoms with Gasteiger partial charge in [0.1, 0.15) is 4.08 Å². The van der Waals surface area contributed by atoms with Crippen molar-refractivity contribution in [3.63, 3.8) is 0 Å². The molecule has 2 aromatic rings. The molecule has 6 rings (SSSR count). The smallest absolute Gasteiger partial charge is 0.281 e. The van der Waals surface area contributed by atoms with Crippen molar-refractivity contribution in [2.45, 2.75) is 96.6 Å². The fourth-order valence-corrected chi connectivity index (χ4v) is 13.3. The largest absolute Gasteiger partial charge is 0.345 e. The summed E-state index contributed by atoms with van der Waals surface area (Å²) in [5, 5.41) is 1.44. The highest BCUT2D eigenvalue weighted by molar-refractivity contribution is 8.14. The Labute approximate surface area is 299 Å². The van der Waals surface area contributed by atoms with Gasteiger partial charge in [0.2, 0.25) is 0 Å². The van der Waals surface area contributed by atoms with Crippen LogP contribution in [-0.4, -0.2) is 25.6 Å². The molecule has 4 aliphatic rings. The van der Waals surface area contributed by atoms with Gasteiger partial charge in [-0.25, -0.2) is 9.80 Å². The Bertz CT molecular complexity index is 1950. The van der Waals surface area contributed by atoms with Gasteiger partial charge in [-0.3, -0.25) is 14.5 Å². The topological polar surface area (TPSA) is 62.6 Å². The number of allylic oxidation sites excluding steroid dienone is 4. The second kappa shape index (κ2) is 12.0. The molecule has 0 saturated heterocycles. The van der Waals surface area contributed by atoms with Crippen LogP contribution in [0.2, 0.25) is 0 Å². The minimum absolute atomic E-state index is 0.0634. The summed E-state index contributed by atoms with van der Waals surface area (Å²) in [5.74, 6) is 0.528. The first kappa shape index (κ1) is 34.7. The molecule has 1 aromatic carbocycles. The molecule has 1 aromatic heterocycles. The number of amides is 2. The number of nitrogens with zero attached hydrogens (tertiary/aromatic N) is 3. The molecule has 0 radical (unpaired) electrons. The van der Waals surface area contributed by atoms with E-state index in [0.717, 1.165) is 86.3 Å². The Kier molecular flexibility index (Phi) is 8.85. The van der Waals surface area contributed by atoms with Crippen LogP contribution in [0.3, 0.4) is 0 Å². The van der Waals surface area contributed by atoms with Crippen molar-refractivity contribution in [1.29, 1.82) is 0 Å². The molecule has 4 heterocycles. The molecule has 2 amide bonds. The van der Waals surface area contributed by atoms with Crippen molar-refractivity contribution in [2.75, 3.05) is 9.91 Å². The Balaban J connectivity index is 1.71. The minimum atomic E-state index is -0.771. The lowest BCUT2D eigenvalue weighted by Gasteiger charge is -2.55. The quantitative estimate of drug-likeness (QED) is 0.133. The molecular weight excluding hydrogens is 683 g/mol. The third-order valence-electron chi connectivity index (χ3n) is 10.5. The van der Waals surface area contributed by atoms with Gasteiger partial charge in [-0.15, -0.1) is 11.8 Å². The molecule has 11 heteroatoms. The summed E-state index contributed by atoms with van der Waals surface area (Å²) in [6, 6.07) is 1.96. The summed E-state index contributed by atoms with van der Waals surface area (Å²) in [5.41, 5.74) is 10.1. The van der Waals surface area contributed by atoms with Crippen LogP contribution < -0.4 is 19.7 Å².